The first-order chi connectivity index (χ1) is 15.7. The fourth-order valence-electron chi connectivity index (χ4n) is 4.38. The Morgan fingerprint density at radius 3 is 2.84 bits per heavy atom. The zero-order chi connectivity index (χ0) is 22.2. The Kier molecular flexibility index (Phi) is 7.64. The average Bonchev–Trinajstić information content (AvgIpc) is 3.42. The van der Waals surface area contributed by atoms with E-state index in [9.17, 15) is 4.79 Å². The van der Waals surface area contributed by atoms with Crippen molar-refractivity contribution < 1.29 is 9.53 Å². The Hall–Kier alpha value is -3.02. The van der Waals surface area contributed by atoms with Gasteiger partial charge in [-0.15, -0.1) is 0 Å². The van der Waals surface area contributed by atoms with Crippen LogP contribution in [0, 0.1) is 5.92 Å². The summed E-state index contributed by atoms with van der Waals surface area (Å²) < 4.78 is 5.59. The largest absolute Gasteiger partial charge is 0.493 e. The summed E-state index contributed by atoms with van der Waals surface area (Å²) in [5.74, 6) is 2.39. The normalized spacial score (nSPS) is 17.9. The van der Waals surface area contributed by atoms with E-state index in [-0.39, 0.29) is 11.8 Å². The van der Waals surface area contributed by atoms with Crippen molar-refractivity contribution in [3.8, 4) is 5.75 Å². The molecule has 0 bridgehead atoms. The SMILES string of the molecule is CCNC(=NCC1CC(=O)N(CCc2ccccc2)C1)NCCc1ccc2c(c1)CCO2. The van der Waals surface area contributed by atoms with Crippen molar-refractivity contribution in [3.63, 3.8) is 0 Å². The number of benzene rings is 2. The fraction of sp³-hybridized carbons (Fsp3) is 0.462. The fourth-order valence-corrected chi connectivity index (χ4v) is 4.38. The molecule has 0 spiro atoms. The number of carbonyl (C=O) groups is 1. The van der Waals surface area contributed by atoms with Gasteiger partial charge in [-0.05, 0) is 42.5 Å². The van der Waals surface area contributed by atoms with Crippen LogP contribution in [-0.2, 0) is 24.1 Å². The van der Waals surface area contributed by atoms with Gasteiger partial charge in [0.1, 0.15) is 5.75 Å². The molecule has 6 nitrogen and oxygen atoms in total. The average molecular weight is 435 g/mol. The van der Waals surface area contributed by atoms with E-state index in [0.717, 1.165) is 63.8 Å². The number of carbonyl (C=O) groups excluding carboxylic acids is 1. The minimum atomic E-state index is 0.250. The summed E-state index contributed by atoms with van der Waals surface area (Å²) >= 11 is 0. The Bertz CT molecular complexity index is 929. The second-order valence-corrected chi connectivity index (χ2v) is 8.58. The van der Waals surface area contributed by atoms with Crippen molar-refractivity contribution >= 4 is 11.9 Å². The Balaban J connectivity index is 1.23. The zero-order valence-corrected chi connectivity index (χ0v) is 19.0. The van der Waals surface area contributed by atoms with Crippen molar-refractivity contribution in [1.29, 1.82) is 0 Å². The van der Waals surface area contributed by atoms with Gasteiger partial charge >= 0.3 is 0 Å². The van der Waals surface area contributed by atoms with Gasteiger partial charge in [0.2, 0.25) is 5.91 Å². The van der Waals surface area contributed by atoms with E-state index >= 15 is 0 Å². The second kappa shape index (κ2) is 11.0. The highest BCUT2D eigenvalue weighted by Crippen LogP contribution is 2.25. The number of guanidine groups is 1. The monoisotopic (exact) mass is 434 g/mol. The van der Waals surface area contributed by atoms with Gasteiger partial charge in [-0.1, -0.05) is 42.5 Å². The molecule has 1 saturated heterocycles. The van der Waals surface area contributed by atoms with Crippen LogP contribution in [0.1, 0.15) is 30.0 Å². The number of likely N-dealkylation sites (tertiary alicyclic amines) is 1. The highest BCUT2D eigenvalue weighted by molar-refractivity contribution is 5.80. The third-order valence-corrected chi connectivity index (χ3v) is 6.12. The van der Waals surface area contributed by atoms with Crippen molar-refractivity contribution in [3.05, 3.63) is 65.2 Å². The molecule has 4 rings (SSSR count). The van der Waals surface area contributed by atoms with Crippen LogP contribution in [0.5, 0.6) is 5.75 Å². The van der Waals surface area contributed by atoms with Crippen LogP contribution in [0.25, 0.3) is 0 Å². The standard InChI is InChI=1S/C26H34N4O2/c1-2-27-26(28-13-10-21-8-9-24-23(16-21)12-15-32-24)29-18-22-17-25(31)30(19-22)14-11-20-6-4-3-5-7-20/h3-9,16,22H,2,10-15,17-19H2,1H3,(H2,27,28,29). The third kappa shape index (κ3) is 6.02. The van der Waals surface area contributed by atoms with Crippen LogP contribution < -0.4 is 15.4 Å². The topological polar surface area (TPSA) is 66.0 Å². The van der Waals surface area contributed by atoms with Crippen LogP contribution in [-0.4, -0.2) is 56.1 Å². The predicted molar refractivity (Wildman–Crippen MR) is 128 cm³/mol. The number of nitrogens with one attached hydrogen (secondary N) is 2. The molecule has 2 heterocycles. The second-order valence-electron chi connectivity index (χ2n) is 8.58. The van der Waals surface area contributed by atoms with E-state index < -0.39 is 0 Å². The molecule has 0 saturated carbocycles. The number of amides is 1. The van der Waals surface area contributed by atoms with E-state index in [1.54, 1.807) is 0 Å². The number of nitrogens with zero attached hydrogens (tertiary/aromatic N) is 2. The molecule has 170 valence electrons. The van der Waals surface area contributed by atoms with Gasteiger partial charge in [0.05, 0.1) is 6.61 Å². The molecule has 32 heavy (non-hydrogen) atoms. The van der Waals surface area contributed by atoms with Crippen LogP contribution >= 0.6 is 0 Å². The van der Waals surface area contributed by atoms with Crippen LogP contribution in [0.4, 0.5) is 0 Å². The molecule has 2 aliphatic rings. The molecule has 1 unspecified atom stereocenters. The number of rotatable bonds is 9. The molecular weight excluding hydrogens is 400 g/mol. The molecule has 0 radical (unpaired) electrons. The first-order valence-corrected chi connectivity index (χ1v) is 11.8. The Labute approximate surface area is 191 Å². The number of fused-ring (bicyclic) bond motifs is 1. The maximum atomic E-state index is 12.4. The van der Waals surface area contributed by atoms with Gasteiger partial charge in [-0.3, -0.25) is 9.79 Å². The molecule has 2 aliphatic heterocycles. The molecule has 1 amide bonds. The van der Waals surface area contributed by atoms with Crippen LogP contribution in [0.2, 0.25) is 0 Å². The number of hydrogen-bond acceptors (Lipinski definition) is 3. The lowest BCUT2D eigenvalue weighted by molar-refractivity contribution is -0.127. The molecule has 2 aromatic carbocycles. The van der Waals surface area contributed by atoms with E-state index in [4.69, 9.17) is 9.73 Å². The number of aliphatic imine (C=N–C) groups is 1. The van der Waals surface area contributed by atoms with E-state index in [1.165, 1.54) is 16.7 Å². The highest BCUT2D eigenvalue weighted by atomic mass is 16.5. The predicted octanol–water partition coefficient (Wildman–Crippen LogP) is 2.81. The van der Waals surface area contributed by atoms with Gasteiger partial charge in [0.25, 0.3) is 0 Å². The molecular formula is C26H34N4O2. The minimum Gasteiger partial charge on any atom is -0.493 e. The zero-order valence-electron chi connectivity index (χ0n) is 19.0. The van der Waals surface area contributed by atoms with Gasteiger partial charge in [-0.2, -0.15) is 0 Å². The third-order valence-electron chi connectivity index (χ3n) is 6.12. The lowest BCUT2D eigenvalue weighted by Crippen LogP contribution is -2.38. The molecule has 2 N–H and O–H groups in total. The highest BCUT2D eigenvalue weighted by Gasteiger charge is 2.29. The van der Waals surface area contributed by atoms with Crippen molar-refractivity contribution in [2.24, 2.45) is 10.9 Å². The Morgan fingerprint density at radius 1 is 1.12 bits per heavy atom. The van der Waals surface area contributed by atoms with Crippen LogP contribution in [0.15, 0.2) is 53.5 Å². The Morgan fingerprint density at radius 2 is 2.00 bits per heavy atom. The summed E-state index contributed by atoms with van der Waals surface area (Å²) in [7, 11) is 0. The summed E-state index contributed by atoms with van der Waals surface area (Å²) in [6.45, 7) is 6.74. The van der Waals surface area contributed by atoms with E-state index in [0.29, 0.717) is 13.0 Å². The molecule has 6 heteroatoms. The first kappa shape index (κ1) is 22.2. The van der Waals surface area contributed by atoms with Crippen molar-refractivity contribution in [2.45, 2.75) is 32.6 Å². The first-order valence-electron chi connectivity index (χ1n) is 11.8. The quantitative estimate of drug-likeness (QED) is 0.471. The van der Waals surface area contributed by atoms with Gasteiger partial charge in [0, 0.05) is 51.5 Å². The summed E-state index contributed by atoms with van der Waals surface area (Å²) in [5.41, 5.74) is 3.90. The minimum absolute atomic E-state index is 0.250. The van der Waals surface area contributed by atoms with Crippen molar-refractivity contribution in [2.75, 3.05) is 39.3 Å². The molecule has 0 aliphatic carbocycles. The number of hydrogen-bond donors (Lipinski definition) is 2. The smallest absolute Gasteiger partial charge is 0.223 e. The summed E-state index contributed by atoms with van der Waals surface area (Å²) in [4.78, 5) is 19.2. The molecule has 0 aromatic heterocycles. The van der Waals surface area contributed by atoms with Gasteiger partial charge in [-0.25, -0.2) is 0 Å². The van der Waals surface area contributed by atoms with Crippen molar-refractivity contribution in [1.82, 2.24) is 15.5 Å². The summed E-state index contributed by atoms with van der Waals surface area (Å²) in [6, 6.07) is 16.8. The summed E-state index contributed by atoms with van der Waals surface area (Å²) in [6.07, 6.45) is 3.44. The van der Waals surface area contributed by atoms with E-state index in [1.807, 2.05) is 23.1 Å². The maximum absolute atomic E-state index is 12.4. The van der Waals surface area contributed by atoms with E-state index in [2.05, 4.69) is 47.9 Å². The van der Waals surface area contributed by atoms with Gasteiger partial charge < -0.3 is 20.3 Å². The van der Waals surface area contributed by atoms with Crippen LogP contribution in [0.3, 0.4) is 0 Å². The molecule has 1 atom stereocenters. The molecule has 2 aromatic rings. The lowest BCUT2D eigenvalue weighted by atomic mass is 10.1. The summed E-state index contributed by atoms with van der Waals surface area (Å²) in [5, 5.41) is 6.76. The maximum Gasteiger partial charge on any atom is 0.223 e. The lowest BCUT2D eigenvalue weighted by Gasteiger charge is -2.16. The number of ether oxygens (including phenoxy) is 1. The molecule has 1 fully saturated rings. The van der Waals surface area contributed by atoms with Gasteiger partial charge in [0.15, 0.2) is 5.96 Å².